The maximum absolute atomic E-state index is 14.3. The summed E-state index contributed by atoms with van der Waals surface area (Å²) in [5, 5.41) is 17.8. The molecule has 0 saturated carbocycles. The summed E-state index contributed by atoms with van der Waals surface area (Å²) in [6, 6.07) is 12.3. The number of carbonyl (C=O) groups is 2. The molecule has 45 heavy (non-hydrogen) atoms. The van der Waals surface area contributed by atoms with E-state index in [1.807, 2.05) is 55.4 Å². The van der Waals surface area contributed by atoms with E-state index in [9.17, 15) is 18.4 Å². The van der Waals surface area contributed by atoms with Crippen LogP contribution in [0.4, 0.5) is 24.2 Å². The molecule has 0 radical (unpaired) electrons. The number of halogens is 2. The number of benzene rings is 2. The van der Waals surface area contributed by atoms with Crippen LogP contribution >= 0.6 is 0 Å². The maximum Gasteiger partial charge on any atom is 0.407 e. The molecule has 11 nitrogen and oxygen atoms in total. The van der Waals surface area contributed by atoms with Crippen molar-refractivity contribution >= 4 is 17.9 Å². The van der Waals surface area contributed by atoms with Crippen LogP contribution in [0.1, 0.15) is 37.8 Å². The third-order valence-electron chi connectivity index (χ3n) is 7.51. The summed E-state index contributed by atoms with van der Waals surface area (Å²) in [7, 11) is 1.82. The van der Waals surface area contributed by atoms with Crippen molar-refractivity contribution in [3.8, 4) is 16.9 Å². The van der Waals surface area contributed by atoms with Gasteiger partial charge in [-0.2, -0.15) is 10.2 Å². The largest absolute Gasteiger partial charge is 0.444 e. The minimum Gasteiger partial charge on any atom is -0.444 e. The summed E-state index contributed by atoms with van der Waals surface area (Å²) >= 11 is 0. The van der Waals surface area contributed by atoms with Crippen molar-refractivity contribution in [2.75, 3.05) is 31.5 Å². The van der Waals surface area contributed by atoms with E-state index in [2.05, 4.69) is 21.0 Å². The Hall–Kier alpha value is -4.78. The van der Waals surface area contributed by atoms with Crippen molar-refractivity contribution in [3.05, 3.63) is 83.7 Å². The predicted molar refractivity (Wildman–Crippen MR) is 166 cm³/mol. The molecule has 0 spiro atoms. The van der Waals surface area contributed by atoms with Gasteiger partial charge in [0.05, 0.1) is 17.9 Å². The van der Waals surface area contributed by atoms with E-state index in [4.69, 9.17) is 9.84 Å². The number of aryl methyl sites for hydroxylation is 1. The van der Waals surface area contributed by atoms with Crippen LogP contribution in [-0.4, -0.2) is 74.4 Å². The topological polar surface area (TPSA) is 118 Å². The fourth-order valence-corrected chi connectivity index (χ4v) is 5.45. The summed E-state index contributed by atoms with van der Waals surface area (Å²) in [4.78, 5) is 27.8. The molecule has 238 valence electrons. The Morgan fingerprint density at radius 3 is 2.49 bits per heavy atom. The van der Waals surface area contributed by atoms with Crippen molar-refractivity contribution in [1.82, 2.24) is 35.1 Å². The van der Waals surface area contributed by atoms with E-state index in [0.717, 1.165) is 22.9 Å². The lowest BCUT2D eigenvalue weighted by molar-refractivity contribution is 0.0523. The van der Waals surface area contributed by atoms with Gasteiger partial charge in [0.25, 0.3) is 0 Å². The summed E-state index contributed by atoms with van der Waals surface area (Å²) in [6.07, 6.45) is 3.04. The maximum atomic E-state index is 14.3. The number of nitrogens with one attached hydrogen (secondary N) is 3. The molecule has 2 aromatic heterocycles. The lowest BCUT2D eigenvalue weighted by atomic mass is 9.94. The van der Waals surface area contributed by atoms with Gasteiger partial charge in [0, 0.05) is 56.5 Å². The molecule has 0 aliphatic carbocycles. The zero-order valence-electron chi connectivity index (χ0n) is 26.0. The van der Waals surface area contributed by atoms with Crippen molar-refractivity contribution in [1.29, 1.82) is 0 Å². The van der Waals surface area contributed by atoms with E-state index in [1.165, 1.54) is 12.1 Å². The summed E-state index contributed by atoms with van der Waals surface area (Å²) < 4.78 is 36.7. The van der Waals surface area contributed by atoms with Crippen LogP contribution in [0.25, 0.3) is 16.9 Å². The van der Waals surface area contributed by atoms with Gasteiger partial charge in [-0.25, -0.2) is 23.1 Å². The summed E-state index contributed by atoms with van der Waals surface area (Å²) in [6.45, 7) is 8.89. The number of carbonyl (C=O) groups excluding carboxylic acids is 2. The highest BCUT2D eigenvalue weighted by Crippen LogP contribution is 2.31. The molecule has 4 aromatic rings. The molecule has 2 aromatic carbocycles. The molecule has 0 bridgehead atoms. The SMILES string of the molecule is Cc1c(-c2cnn(C)c2)nn(-c2ccccc2)c1NC(=O)N[C@@H]1CN(CCNC(=O)OC(C)(C)C)C[C@H]1c1ccc(F)c(F)c1. The second kappa shape index (κ2) is 13.1. The van der Waals surface area contributed by atoms with Crippen LogP contribution in [0.2, 0.25) is 0 Å². The van der Waals surface area contributed by atoms with Gasteiger partial charge in [0.2, 0.25) is 0 Å². The standard InChI is InChI=1S/C32H38F2N8O3/c1-20-28(22-16-36-40(5)17-22)39-42(23-9-7-6-8-10-23)29(20)38-30(43)37-27-19-41(14-13-35-31(44)45-32(2,3)4)18-24(27)21-11-12-25(33)26(34)15-21/h6-12,15-17,24,27H,13-14,18-19H2,1-5H3,(H,35,44)(H2,37,38,43)/t24-,27+/m0/s1. The van der Waals surface area contributed by atoms with Crippen molar-refractivity contribution in [2.45, 2.75) is 45.3 Å². The zero-order chi connectivity index (χ0) is 32.3. The Morgan fingerprint density at radius 1 is 1.07 bits per heavy atom. The number of hydrogen-bond donors (Lipinski definition) is 3. The first-order valence-electron chi connectivity index (χ1n) is 14.7. The van der Waals surface area contributed by atoms with Crippen LogP contribution in [0.3, 0.4) is 0 Å². The second-order valence-electron chi connectivity index (χ2n) is 12.1. The number of anilines is 1. The third-order valence-corrected chi connectivity index (χ3v) is 7.51. The van der Waals surface area contributed by atoms with Crippen LogP contribution in [0.15, 0.2) is 60.9 Å². The fourth-order valence-electron chi connectivity index (χ4n) is 5.45. The molecule has 1 aliphatic rings. The van der Waals surface area contributed by atoms with Gasteiger partial charge in [-0.3, -0.25) is 14.9 Å². The smallest absolute Gasteiger partial charge is 0.407 e. The van der Waals surface area contributed by atoms with Gasteiger partial charge in [-0.15, -0.1) is 0 Å². The molecule has 0 unspecified atom stereocenters. The minimum absolute atomic E-state index is 0.310. The summed E-state index contributed by atoms with van der Waals surface area (Å²) in [5.74, 6) is -1.74. The van der Waals surface area contributed by atoms with Crippen molar-refractivity contribution in [3.63, 3.8) is 0 Å². The molecule has 13 heteroatoms. The van der Waals surface area contributed by atoms with E-state index >= 15 is 0 Å². The Labute approximate surface area is 260 Å². The predicted octanol–water partition coefficient (Wildman–Crippen LogP) is 4.97. The monoisotopic (exact) mass is 620 g/mol. The van der Waals surface area contributed by atoms with E-state index in [1.54, 1.807) is 36.3 Å². The molecule has 1 aliphatic heterocycles. The van der Waals surface area contributed by atoms with E-state index < -0.39 is 35.4 Å². The van der Waals surface area contributed by atoms with E-state index in [-0.39, 0.29) is 5.92 Å². The highest BCUT2D eigenvalue weighted by atomic mass is 19.2. The first kappa shape index (κ1) is 31.6. The number of ether oxygens (including phenoxy) is 1. The highest BCUT2D eigenvalue weighted by molar-refractivity contribution is 5.91. The second-order valence-corrected chi connectivity index (χ2v) is 12.1. The number of hydrogen-bond acceptors (Lipinski definition) is 6. The normalized spacial score (nSPS) is 16.9. The first-order valence-corrected chi connectivity index (χ1v) is 14.7. The molecule has 2 atom stereocenters. The van der Waals surface area contributed by atoms with E-state index in [0.29, 0.717) is 43.3 Å². The van der Waals surface area contributed by atoms with Crippen LogP contribution in [-0.2, 0) is 11.8 Å². The van der Waals surface area contributed by atoms with Gasteiger partial charge in [-0.1, -0.05) is 24.3 Å². The number of aromatic nitrogens is 4. The van der Waals surface area contributed by atoms with Gasteiger partial charge < -0.3 is 15.4 Å². The van der Waals surface area contributed by atoms with Crippen molar-refractivity contribution < 1.29 is 23.1 Å². The Bertz CT molecular complexity index is 1660. The van der Waals surface area contributed by atoms with Gasteiger partial charge in [0.15, 0.2) is 11.6 Å². The van der Waals surface area contributed by atoms with Gasteiger partial charge in [-0.05, 0) is 57.5 Å². The van der Waals surface area contributed by atoms with Crippen LogP contribution in [0.5, 0.6) is 0 Å². The lowest BCUT2D eigenvalue weighted by Gasteiger charge is -2.21. The average Bonchev–Trinajstić information content (AvgIpc) is 3.67. The molecule has 5 rings (SSSR count). The van der Waals surface area contributed by atoms with Crippen molar-refractivity contribution in [2.24, 2.45) is 7.05 Å². The zero-order valence-corrected chi connectivity index (χ0v) is 26.0. The average molecular weight is 621 g/mol. The molecule has 3 N–H and O–H groups in total. The molecular weight excluding hydrogens is 582 g/mol. The Balaban J connectivity index is 1.35. The number of alkyl carbamates (subject to hydrolysis) is 1. The number of urea groups is 1. The Kier molecular flexibility index (Phi) is 9.19. The van der Waals surface area contributed by atoms with Gasteiger partial charge in [0.1, 0.15) is 17.1 Å². The quantitative estimate of drug-likeness (QED) is 0.256. The molecule has 3 heterocycles. The number of rotatable bonds is 8. The number of nitrogens with zero attached hydrogens (tertiary/aromatic N) is 5. The van der Waals surface area contributed by atoms with Crippen LogP contribution in [0, 0.1) is 18.6 Å². The van der Waals surface area contributed by atoms with Crippen LogP contribution < -0.4 is 16.0 Å². The number of likely N-dealkylation sites (tertiary alicyclic amines) is 1. The number of para-hydroxylation sites is 1. The molecule has 3 amide bonds. The summed E-state index contributed by atoms with van der Waals surface area (Å²) in [5.41, 5.74) is 2.93. The fraction of sp³-hybridized carbons (Fsp3) is 0.375. The first-order chi connectivity index (χ1) is 21.4. The third kappa shape index (κ3) is 7.66. The Morgan fingerprint density at radius 2 is 1.82 bits per heavy atom. The highest BCUT2D eigenvalue weighted by Gasteiger charge is 2.35. The molecule has 1 fully saturated rings. The molecule has 1 saturated heterocycles. The minimum atomic E-state index is -0.953. The van der Waals surface area contributed by atoms with Gasteiger partial charge >= 0.3 is 12.1 Å². The lowest BCUT2D eigenvalue weighted by Crippen LogP contribution is -2.43. The molecular formula is C32H38F2N8O3. The number of amides is 3.